The topological polar surface area (TPSA) is 96.3 Å². The maximum atomic E-state index is 13.3. The second-order valence-electron chi connectivity index (χ2n) is 8.13. The molecule has 168 valence electrons. The van der Waals surface area contributed by atoms with Crippen molar-refractivity contribution in [1.29, 1.82) is 0 Å². The van der Waals surface area contributed by atoms with Gasteiger partial charge in [-0.05, 0) is 42.7 Å². The zero-order chi connectivity index (χ0) is 22.8. The Morgan fingerprint density at radius 2 is 1.59 bits per heavy atom. The minimum absolute atomic E-state index is 0.0200. The summed E-state index contributed by atoms with van der Waals surface area (Å²) in [4.78, 5) is 28.1. The number of aliphatic hydroxyl groups is 1. The third-order valence-corrected chi connectivity index (χ3v) is 6.30. The highest BCUT2D eigenvalue weighted by Crippen LogP contribution is 2.46. The minimum Gasteiger partial charge on any atom is -0.508 e. The second-order valence-corrected chi connectivity index (χ2v) is 8.13. The number of ketones is 1. The van der Waals surface area contributed by atoms with E-state index in [1.54, 1.807) is 35.2 Å². The summed E-state index contributed by atoms with van der Waals surface area (Å²) in [5.41, 5.74) is 0.739. The molecule has 0 radical (unpaired) electrons. The zero-order valence-corrected chi connectivity index (χ0v) is 18.2. The number of phenols is 1. The van der Waals surface area contributed by atoms with Gasteiger partial charge < -0.3 is 24.6 Å². The van der Waals surface area contributed by atoms with Crippen molar-refractivity contribution in [3.05, 3.63) is 59.2 Å². The number of methoxy groups -OCH3 is 2. The van der Waals surface area contributed by atoms with E-state index < -0.39 is 17.7 Å². The van der Waals surface area contributed by atoms with Gasteiger partial charge in [-0.15, -0.1) is 0 Å². The van der Waals surface area contributed by atoms with Crippen LogP contribution in [0.2, 0.25) is 0 Å². The van der Waals surface area contributed by atoms with Crippen molar-refractivity contribution in [1.82, 2.24) is 4.90 Å². The van der Waals surface area contributed by atoms with Crippen LogP contribution in [0, 0.1) is 0 Å². The van der Waals surface area contributed by atoms with Gasteiger partial charge in [-0.2, -0.15) is 0 Å². The molecule has 1 amide bonds. The standard InChI is InChI=1S/C25H27NO6/c1-31-18-12-7-13-19(32-2)20(18)23(28)21-22(15-8-6-11-17(27)14-15)26(25(30)24(21)29)16-9-4-3-5-10-16/h6-8,11-14,16,22,27-28H,3-5,9-10H2,1-2H3/b23-21+. The minimum atomic E-state index is -0.820. The number of rotatable bonds is 5. The predicted octanol–water partition coefficient (Wildman–Crippen LogP) is 4.16. The molecule has 2 aromatic rings. The van der Waals surface area contributed by atoms with E-state index >= 15 is 0 Å². The van der Waals surface area contributed by atoms with Gasteiger partial charge in [0.15, 0.2) is 0 Å². The van der Waals surface area contributed by atoms with Crippen molar-refractivity contribution >= 4 is 17.4 Å². The van der Waals surface area contributed by atoms with Crippen molar-refractivity contribution in [2.45, 2.75) is 44.2 Å². The van der Waals surface area contributed by atoms with E-state index in [1.807, 2.05) is 0 Å². The molecular formula is C25H27NO6. The Bertz CT molecular complexity index is 1050. The number of carbonyl (C=O) groups excluding carboxylic acids is 2. The van der Waals surface area contributed by atoms with Gasteiger partial charge in [0.1, 0.15) is 28.6 Å². The average molecular weight is 437 g/mol. The number of aliphatic hydroxyl groups excluding tert-OH is 1. The van der Waals surface area contributed by atoms with Crippen LogP contribution in [-0.2, 0) is 9.59 Å². The van der Waals surface area contributed by atoms with E-state index in [-0.39, 0.29) is 28.7 Å². The van der Waals surface area contributed by atoms with Crippen LogP contribution in [0.3, 0.4) is 0 Å². The molecule has 32 heavy (non-hydrogen) atoms. The van der Waals surface area contributed by atoms with Crippen molar-refractivity contribution in [2.24, 2.45) is 0 Å². The quantitative estimate of drug-likeness (QED) is 0.414. The molecule has 1 atom stereocenters. The smallest absolute Gasteiger partial charge is 0.295 e. The highest BCUT2D eigenvalue weighted by atomic mass is 16.5. The first-order valence-corrected chi connectivity index (χ1v) is 10.8. The molecule has 1 saturated heterocycles. The van der Waals surface area contributed by atoms with Gasteiger partial charge in [0, 0.05) is 6.04 Å². The zero-order valence-electron chi connectivity index (χ0n) is 18.2. The lowest BCUT2D eigenvalue weighted by atomic mass is 9.90. The molecule has 0 bridgehead atoms. The molecular weight excluding hydrogens is 410 g/mol. The molecule has 1 saturated carbocycles. The van der Waals surface area contributed by atoms with Crippen LogP contribution in [0.5, 0.6) is 17.2 Å². The Morgan fingerprint density at radius 1 is 0.969 bits per heavy atom. The largest absolute Gasteiger partial charge is 0.508 e. The molecule has 1 heterocycles. The predicted molar refractivity (Wildman–Crippen MR) is 119 cm³/mol. The molecule has 1 aliphatic heterocycles. The maximum Gasteiger partial charge on any atom is 0.295 e. The molecule has 2 N–H and O–H groups in total. The molecule has 1 aliphatic carbocycles. The Balaban J connectivity index is 1.95. The second kappa shape index (κ2) is 8.94. The fourth-order valence-corrected chi connectivity index (χ4v) is 4.83. The first kappa shape index (κ1) is 21.7. The average Bonchev–Trinajstić information content (AvgIpc) is 3.09. The number of hydrogen-bond acceptors (Lipinski definition) is 6. The van der Waals surface area contributed by atoms with E-state index in [1.165, 1.54) is 26.4 Å². The molecule has 7 nitrogen and oxygen atoms in total. The van der Waals surface area contributed by atoms with E-state index in [4.69, 9.17) is 9.47 Å². The molecule has 7 heteroatoms. The fourth-order valence-electron chi connectivity index (χ4n) is 4.83. The summed E-state index contributed by atoms with van der Waals surface area (Å²) in [7, 11) is 2.91. The number of amides is 1. The number of benzene rings is 2. The molecule has 2 aromatic carbocycles. The summed E-state index contributed by atoms with van der Waals surface area (Å²) in [6, 6.07) is 10.5. The lowest BCUT2D eigenvalue weighted by Crippen LogP contribution is -2.40. The number of likely N-dealkylation sites (tertiary alicyclic amines) is 1. The third-order valence-electron chi connectivity index (χ3n) is 6.30. The first-order valence-electron chi connectivity index (χ1n) is 10.8. The van der Waals surface area contributed by atoms with Crippen LogP contribution in [0.1, 0.15) is 49.3 Å². The third kappa shape index (κ3) is 3.68. The van der Waals surface area contributed by atoms with Gasteiger partial charge in [0.05, 0.1) is 25.8 Å². The van der Waals surface area contributed by atoms with Crippen LogP contribution < -0.4 is 9.47 Å². The molecule has 4 rings (SSSR count). The Labute approximate surface area is 186 Å². The molecule has 2 aliphatic rings. The Hall–Kier alpha value is -3.48. The van der Waals surface area contributed by atoms with Crippen LogP contribution >= 0.6 is 0 Å². The SMILES string of the molecule is COc1cccc(OC)c1/C(O)=C1\C(=O)C(=O)N(C2CCCCC2)C1c1cccc(O)c1. The summed E-state index contributed by atoms with van der Waals surface area (Å²) < 4.78 is 10.8. The van der Waals surface area contributed by atoms with Gasteiger partial charge in [-0.1, -0.05) is 37.5 Å². The summed E-state index contributed by atoms with van der Waals surface area (Å²) in [6.45, 7) is 0. The Morgan fingerprint density at radius 3 is 2.19 bits per heavy atom. The first-order chi connectivity index (χ1) is 15.5. The normalized spacial score (nSPS) is 21.1. The summed E-state index contributed by atoms with van der Waals surface area (Å²) in [6.07, 6.45) is 4.62. The van der Waals surface area contributed by atoms with Gasteiger partial charge in [0.2, 0.25) is 0 Å². The lowest BCUT2D eigenvalue weighted by Gasteiger charge is -2.35. The number of hydrogen-bond donors (Lipinski definition) is 2. The van der Waals surface area contributed by atoms with Gasteiger partial charge >= 0.3 is 0 Å². The van der Waals surface area contributed by atoms with E-state index in [2.05, 4.69) is 0 Å². The number of ether oxygens (including phenoxy) is 2. The summed E-state index contributed by atoms with van der Waals surface area (Å²) >= 11 is 0. The van der Waals surface area contributed by atoms with Crippen molar-refractivity contribution in [3.8, 4) is 17.2 Å². The maximum absolute atomic E-state index is 13.3. The summed E-state index contributed by atoms with van der Waals surface area (Å²) in [5, 5.41) is 21.5. The van der Waals surface area contributed by atoms with Gasteiger partial charge in [-0.25, -0.2) is 0 Å². The highest BCUT2D eigenvalue weighted by Gasteiger charge is 2.49. The molecule has 1 unspecified atom stereocenters. The molecule has 0 spiro atoms. The van der Waals surface area contributed by atoms with Crippen molar-refractivity contribution in [2.75, 3.05) is 14.2 Å². The van der Waals surface area contributed by atoms with Crippen LogP contribution in [0.25, 0.3) is 5.76 Å². The number of phenolic OH excluding ortho intramolecular Hbond substituents is 1. The van der Waals surface area contributed by atoms with E-state index in [0.717, 1.165) is 32.1 Å². The number of Topliss-reactive ketones (excluding diaryl/α,β-unsaturated/α-hetero) is 1. The van der Waals surface area contributed by atoms with Crippen molar-refractivity contribution < 1.29 is 29.3 Å². The number of aromatic hydroxyl groups is 1. The molecule has 2 fully saturated rings. The summed E-state index contributed by atoms with van der Waals surface area (Å²) in [5.74, 6) is -1.09. The number of nitrogens with zero attached hydrogens (tertiary/aromatic N) is 1. The van der Waals surface area contributed by atoms with E-state index in [9.17, 15) is 19.8 Å². The van der Waals surface area contributed by atoms with E-state index in [0.29, 0.717) is 17.1 Å². The highest BCUT2D eigenvalue weighted by molar-refractivity contribution is 6.46. The van der Waals surface area contributed by atoms with Crippen LogP contribution in [0.15, 0.2) is 48.0 Å². The Kier molecular flexibility index (Phi) is 6.08. The van der Waals surface area contributed by atoms with Crippen LogP contribution in [0.4, 0.5) is 0 Å². The van der Waals surface area contributed by atoms with Gasteiger partial charge in [-0.3, -0.25) is 9.59 Å². The monoisotopic (exact) mass is 437 g/mol. The van der Waals surface area contributed by atoms with Gasteiger partial charge in [0.25, 0.3) is 11.7 Å². The number of carbonyl (C=O) groups is 2. The van der Waals surface area contributed by atoms with Crippen LogP contribution in [-0.4, -0.2) is 47.1 Å². The molecule has 0 aromatic heterocycles. The van der Waals surface area contributed by atoms with Crippen molar-refractivity contribution in [3.63, 3.8) is 0 Å². The fraction of sp³-hybridized carbons (Fsp3) is 0.360. The lowest BCUT2D eigenvalue weighted by molar-refractivity contribution is -0.141.